The number of hydrogen-bond acceptors (Lipinski definition) is 2. The summed E-state index contributed by atoms with van der Waals surface area (Å²) < 4.78 is 0. The lowest BCUT2D eigenvalue weighted by molar-refractivity contribution is 0.160. The van der Waals surface area contributed by atoms with Gasteiger partial charge >= 0.3 is 6.03 Å². The number of urea groups is 1. The standard InChI is InChI=1S/C16H23ClN2O2/c1-2-14(20)9-10-18-16(21)19-15(11-3-4-11)12-5-7-13(17)8-6-12/h5-8,11,14-15,20H,2-4,9-10H2,1H3,(H2,18,19,21). The number of benzene rings is 1. The van der Waals surface area contributed by atoms with Crippen molar-refractivity contribution in [1.29, 1.82) is 0 Å². The van der Waals surface area contributed by atoms with Gasteiger partial charge in [0.15, 0.2) is 0 Å². The Morgan fingerprint density at radius 1 is 1.38 bits per heavy atom. The second-order valence-electron chi connectivity index (χ2n) is 5.62. The molecule has 1 aliphatic carbocycles. The zero-order chi connectivity index (χ0) is 15.2. The van der Waals surface area contributed by atoms with Crippen LogP contribution in [0.2, 0.25) is 5.02 Å². The first-order valence-electron chi connectivity index (χ1n) is 7.58. The first kappa shape index (κ1) is 16.1. The van der Waals surface area contributed by atoms with Gasteiger partial charge in [-0.1, -0.05) is 30.7 Å². The van der Waals surface area contributed by atoms with Crippen molar-refractivity contribution in [3.8, 4) is 0 Å². The molecule has 2 amide bonds. The summed E-state index contributed by atoms with van der Waals surface area (Å²) in [5.74, 6) is 0.512. The molecule has 5 heteroatoms. The molecule has 2 rings (SSSR count). The number of amides is 2. The second-order valence-corrected chi connectivity index (χ2v) is 6.05. The van der Waals surface area contributed by atoms with Crippen molar-refractivity contribution in [3.05, 3.63) is 34.9 Å². The van der Waals surface area contributed by atoms with Crippen LogP contribution in [0.1, 0.15) is 44.2 Å². The molecule has 0 aliphatic heterocycles. The summed E-state index contributed by atoms with van der Waals surface area (Å²) >= 11 is 5.91. The van der Waals surface area contributed by atoms with Crippen LogP contribution in [0.5, 0.6) is 0 Å². The fourth-order valence-electron chi connectivity index (χ4n) is 2.32. The predicted octanol–water partition coefficient (Wildman–Crippen LogP) is 3.25. The summed E-state index contributed by atoms with van der Waals surface area (Å²) in [5.41, 5.74) is 1.09. The van der Waals surface area contributed by atoms with Crippen molar-refractivity contribution in [2.24, 2.45) is 5.92 Å². The Kier molecular flexibility index (Phi) is 5.88. The van der Waals surface area contributed by atoms with Crippen LogP contribution >= 0.6 is 11.6 Å². The number of aliphatic hydroxyl groups is 1. The fraction of sp³-hybridized carbons (Fsp3) is 0.562. The monoisotopic (exact) mass is 310 g/mol. The van der Waals surface area contributed by atoms with Crippen molar-refractivity contribution in [1.82, 2.24) is 10.6 Å². The van der Waals surface area contributed by atoms with E-state index in [1.807, 2.05) is 31.2 Å². The smallest absolute Gasteiger partial charge is 0.315 e. The predicted molar refractivity (Wildman–Crippen MR) is 84.4 cm³/mol. The highest BCUT2D eigenvalue weighted by Gasteiger charge is 2.33. The molecule has 3 N–H and O–H groups in total. The van der Waals surface area contributed by atoms with Gasteiger partial charge in [0, 0.05) is 11.6 Å². The number of nitrogens with one attached hydrogen (secondary N) is 2. The van der Waals surface area contributed by atoms with Crippen LogP contribution in [0.4, 0.5) is 4.79 Å². The van der Waals surface area contributed by atoms with E-state index in [0.717, 1.165) is 18.4 Å². The maximum Gasteiger partial charge on any atom is 0.315 e. The Balaban J connectivity index is 1.85. The molecule has 0 radical (unpaired) electrons. The van der Waals surface area contributed by atoms with Crippen LogP contribution in [0.15, 0.2) is 24.3 Å². The zero-order valence-electron chi connectivity index (χ0n) is 12.3. The van der Waals surface area contributed by atoms with E-state index in [0.29, 0.717) is 30.3 Å². The third-order valence-corrected chi connectivity index (χ3v) is 4.10. The minimum absolute atomic E-state index is 0.0402. The minimum Gasteiger partial charge on any atom is -0.393 e. The maximum atomic E-state index is 12.0. The molecule has 21 heavy (non-hydrogen) atoms. The molecule has 0 bridgehead atoms. The lowest BCUT2D eigenvalue weighted by Gasteiger charge is -2.19. The van der Waals surface area contributed by atoms with Crippen LogP contribution in [0.3, 0.4) is 0 Å². The van der Waals surface area contributed by atoms with Gasteiger partial charge in [0.2, 0.25) is 0 Å². The highest BCUT2D eigenvalue weighted by Crippen LogP contribution is 2.41. The van der Waals surface area contributed by atoms with Crippen LogP contribution in [0.25, 0.3) is 0 Å². The molecular formula is C16H23ClN2O2. The molecule has 2 atom stereocenters. The van der Waals surface area contributed by atoms with Gasteiger partial charge in [-0.15, -0.1) is 0 Å². The molecule has 1 fully saturated rings. The summed E-state index contributed by atoms with van der Waals surface area (Å²) in [7, 11) is 0. The molecule has 1 aromatic carbocycles. The first-order valence-corrected chi connectivity index (χ1v) is 7.95. The van der Waals surface area contributed by atoms with E-state index in [2.05, 4.69) is 10.6 Å². The Labute approximate surface area is 130 Å². The number of halogens is 1. The largest absolute Gasteiger partial charge is 0.393 e. The number of carbonyl (C=O) groups is 1. The van der Waals surface area contributed by atoms with Gasteiger partial charge in [0.25, 0.3) is 0 Å². The molecule has 4 nitrogen and oxygen atoms in total. The number of carbonyl (C=O) groups excluding carboxylic acids is 1. The van der Waals surface area contributed by atoms with Gasteiger partial charge < -0.3 is 15.7 Å². The summed E-state index contributed by atoms with van der Waals surface area (Å²) in [6.07, 6.45) is 3.22. The topological polar surface area (TPSA) is 61.4 Å². The van der Waals surface area contributed by atoms with Gasteiger partial charge in [-0.2, -0.15) is 0 Å². The molecule has 0 aromatic heterocycles. The molecular weight excluding hydrogens is 288 g/mol. The van der Waals surface area contributed by atoms with Crippen molar-refractivity contribution in [2.75, 3.05) is 6.54 Å². The molecule has 1 aliphatic rings. The first-order chi connectivity index (χ1) is 10.1. The van der Waals surface area contributed by atoms with E-state index in [4.69, 9.17) is 11.6 Å². The molecule has 1 saturated carbocycles. The fourth-order valence-corrected chi connectivity index (χ4v) is 2.45. The van der Waals surface area contributed by atoms with Gasteiger partial charge in [-0.25, -0.2) is 4.79 Å². The van der Waals surface area contributed by atoms with Gasteiger partial charge in [0.05, 0.1) is 12.1 Å². The van der Waals surface area contributed by atoms with Crippen molar-refractivity contribution in [2.45, 2.75) is 44.8 Å². The lowest BCUT2D eigenvalue weighted by atomic mass is 10.0. The summed E-state index contributed by atoms with van der Waals surface area (Å²) in [6, 6.07) is 7.50. The third kappa shape index (κ3) is 5.21. The van der Waals surface area contributed by atoms with Crippen LogP contribution < -0.4 is 10.6 Å². The normalized spacial score (nSPS) is 17.1. The highest BCUT2D eigenvalue weighted by molar-refractivity contribution is 6.30. The van der Waals surface area contributed by atoms with E-state index in [1.54, 1.807) is 0 Å². The second kappa shape index (κ2) is 7.66. The Morgan fingerprint density at radius 2 is 2.05 bits per heavy atom. The quantitative estimate of drug-likeness (QED) is 0.724. The van der Waals surface area contributed by atoms with Gasteiger partial charge in [-0.3, -0.25) is 0 Å². The van der Waals surface area contributed by atoms with E-state index in [1.165, 1.54) is 0 Å². The summed E-state index contributed by atoms with van der Waals surface area (Å²) in [4.78, 5) is 12.0. The van der Waals surface area contributed by atoms with E-state index >= 15 is 0 Å². The van der Waals surface area contributed by atoms with E-state index in [-0.39, 0.29) is 18.2 Å². The average Bonchev–Trinajstić information content (AvgIpc) is 3.30. The molecule has 1 aromatic rings. The Bertz CT molecular complexity index is 460. The van der Waals surface area contributed by atoms with Crippen LogP contribution in [-0.2, 0) is 0 Å². The molecule has 0 heterocycles. The zero-order valence-corrected chi connectivity index (χ0v) is 13.1. The summed E-state index contributed by atoms with van der Waals surface area (Å²) in [5, 5.41) is 16.0. The highest BCUT2D eigenvalue weighted by atomic mass is 35.5. The average molecular weight is 311 g/mol. The minimum atomic E-state index is -0.346. The lowest BCUT2D eigenvalue weighted by Crippen LogP contribution is -2.39. The van der Waals surface area contributed by atoms with Crippen LogP contribution in [-0.4, -0.2) is 23.8 Å². The molecule has 0 spiro atoms. The number of hydrogen-bond donors (Lipinski definition) is 3. The van der Waals surface area contributed by atoms with Crippen molar-refractivity contribution < 1.29 is 9.90 Å². The van der Waals surface area contributed by atoms with Crippen molar-refractivity contribution >= 4 is 17.6 Å². The molecule has 2 unspecified atom stereocenters. The molecule has 0 saturated heterocycles. The van der Waals surface area contributed by atoms with Crippen LogP contribution in [0, 0.1) is 5.92 Å². The van der Waals surface area contributed by atoms with Crippen molar-refractivity contribution in [3.63, 3.8) is 0 Å². The Hall–Kier alpha value is -1.26. The third-order valence-electron chi connectivity index (χ3n) is 3.84. The molecule has 116 valence electrons. The Morgan fingerprint density at radius 3 is 2.62 bits per heavy atom. The van der Waals surface area contributed by atoms with Gasteiger partial charge in [-0.05, 0) is 49.3 Å². The number of aliphatic hydroxyl groups excluding tert-OH is 1. The van der Waals surface area contributed by atoms with E-state index in [9.17, 15) is 9.90 Å². The summed E-state index contributed by atoms with van der Waals surface area (Å²) in [6.45, 7) is 2.41. The van der Waals surface area contributed by atoms with E-state index < -0.39 is 0 Å². The number of rotatable bonds is 7. The SMILES string of the molecule is CCC(O)CCNC(=O)NC(c1ccc(Cl)cc1)C1CC1. The maximum absolute atomic E-state index is 12.0. The van der Waals surface area contributed by atoms with Gasteiger partial charge in [0.1, 0.15) is 0 Å².